The zero-order chi connectivity index (χ0) is 16.7. The summed E-state index contributed by atoms with van der Waals surface area (Å²) in [6, 6.07) is 1.52. The molecule has 3 rings (SSSR count). The zero-order valence-electron chi connectivity index (χ0n) is 12.2. The van der Waals surface area contributed by atoms with Crippen LogP contribution in [0.25, 0.3) is 0 Å². The molecular weight excluding hydrogens is 375 g/mol. The number of thiophene rings is 2. The molecule has 2 aromatic heterocycles. The summed E-state index contributed by atoms with van der Waals surface area (Å²) in [5.74, 6) is -0.329. The van der Waals surface area contributed by atoms with Gasteiger partial charge in [0.2, 0.25) is 0 Å². The molecule has 1 atom stereocenters. The van der Waals surface area contributed by atoms with E-state index in [1.54, 1.807) is 0 Å². The van der Waals surface area contributed by atoms with Gasteiger partial charge in [0.15, 0.2) is 0 Å². The SMILES string of the molecule is CC1CCc2c(sc(NC(=O)c3cc(Cl)sc3Cl)c2C(N)=O)C1. The van der Waals surface area contributed by atoms with E-state index < -0.39 is 5.91 Å². The fourth-order valence-electron chi connectivity index (χ4n) is 2.77. The molecule has 3 N–H and O–H groups in total. The van der Waals surface area contributed by atoms with E-state index in [4.69, 9.17) is 28.9 Å². The number of hydrogen-bond donors (Lipinski definition) is 2. The highest BCUT2D eigenvalue weighted by Gasteiger charge is 2.27. The predicted octanol–water partition coefficient (Wildman–Crippen LogP) is 4.59. The van der Waals surface area contributed by atoms with Crippen LogP contribution in [0.15, 0.2) is 6.07 Å². The fourth-order valence-corrected chi connectivity index (χ4v) is 5.63. The monoisotopic (exact) mass is 388 g/mol. The zero-order valence-corrected chi connectivity index (χ0v) is 15.4. The van der Waals surface area contributed by atoms with Crippen LogP contribution in [-0.2, 0) is 12.8 Å². The number of fused-ring (bicyclic) bond motifs is 1. The maximum atomic E-state index is 12.4. The van der Waals surface area contributed by atoms with Crippen LogP contribution in [0.3, 0.4) is 0 Å². The molecule has 0 saturated heterocycles. The lowest BCUT2D eigenvalue weighted by Crippen LogP contribution is -2.19. The molecule has 0 spiro atoms. The third-order valence-electron chi connectivity index (χ3n) is 3.89. The van der Waals surface area contributed by atoms with Gasteiger partial charge in [-0.15, -0.1) is 22.7 Å². The maximum absolute atomic E-state index is 12.4. The molecule has 0 aliphatic heterocycles. The average Bonchev–Trinajstić information content (AvgIpc) is 2.97. The minimum Gasteiger partial charge on any atom is -0.365 e. The van der Waals surface area contributed by atoms with Crippen LogP contribution < -0.4 is 11.1 Å². The second-order valence-corrected chi connectivity index (χ2v) is 9.00. The number of hydrogen-bond acceptors (Lipinski definition) is 4. The highest BCUT2D eigenvalue weighted by Crippen LogP contribution is 2.40. The van der Waals surface area contributed by atoms with Gasteiger partial charge in [-0.3, -0.25) is 9.59 Å². The lowest BCUT2D eigenvalue weighted by molar-refractivity contribution is 0.1000. The van der Waals surface area contributed by atoms with E-state index in [1.807, 2.05) is 0 Å². The summed E-state index contributed by atoms with van der Waals surface area (Å²) in [4.78, 5) is 25.4. The third kappa shape index (κ3) is 3.26. The van der Waals surface area contributed by atoms with Crippen molar-refractivity contribution in [3.63, 3.8) is 0 Å². The summed E-state index contributed by atoms with van der Waals surface area (Å²) in [6.45, 7) is 2.18. The lowest BCUT2D eigenvalue weighted by atomic mass is 9.88. The topological polar surface area (TPSA) is 72.2 Å². The number of rotatable bonds is 3. The van der Waals surface area contributed by atoms with E-state index in [-0.39, 0.29) is 5.91 Å². The van der Waals surface area contributed by atoms with Gasteiger partial charge in [0, 0.05) is 4.88 Å². The van der Waals surface area contributed by atoms with Crippen molar-refractivity contribution in [3.05, 3.63) is 36.3 Å². The molecule has 23 heavy (non-hydrogen) atoms. The number of nitrogens with one attached hydrogen (secondary N) is 1. The number of amides is 2. The van der Waals surface area contributed by atoms with E-state index in [0.717, 1.165) is 41.0 Å². The van der Waals surface area contributed by atoms with Crippen LogP contribution in [0.5, 0.6) is 0 Å². The number of anilines is 1. The van der Waals surface area contributed by atoms with Gasteiger partial charge in [0.05, 0.1) is 15.5 Å². The number of carbonyl (C=O) groups excluding carboxylic acids is 2. The number of primary amides is 1. The standard InChI is InChI=1S/C15H14Cl2N2O2S2/c1-6-2-3-7-9(4-6)22-15(11(7)13(18)20)19-14(21)8-5-10(16)23-12(8)17/h5-6H,2-4H2,1H3,(H2,18,20)(H,19,21). The van der Waals surface area contributed by atoms with Gasteiger partial charge in [-0.2, -0.15) is 0 Å². The molecule has 2 heterocycles. The lowest BCUT2D eigenvalue weighted by Gasteiger charge is -2.18. The normalized spacial score (nSPS) is 16.9. The Balaban J connectivity index is 1.95. The minimum atomic E-state index is -0.512. The minimum absolute atomic E-state index is 0.303. The highest BCUT2D eigenvalue weighted by molar-refractivity contribution is 7.20. The Labute approximate surface area is 151 Å². The average molecular weight is 389 g/mol. The van der Waals surface area contributed by atoms with Crippen molar-refractivity contribution in [2.75, 3.05) is 5.32 Å². The molecule has 1 aliphatic carbocycles. The Kier molecular flexibility index (Phi) is 4.69. The second kappa shape index (κ2) is 6.43. The summed E-state index contributed by atoms with van der Waals surface area (Å²) in [5.41, 5.74) is 7.25. The van der Waals surface area contributed by atoms with Crippen molar-refractivity contribution in [3.8, 4) is 0 Å². The van der Waals surface area contributed by atoms with E-state index >= 15 is 0 Å². The smallest absolute Gasteiger partial charge is 0.258 e. The van der Waals surface area contributed by atoms with Crippen LogP contribution >= 0.6 is 45.9 Å². The van der Waals surface area contributed by atoms with E-state index in [1.165, 1.54) is 17.4 Å². The predicted molar refractivity (Wildman–Crippen MR) is 96.3 cm³/mol. The van der Waals surface area contributed by atoms with Crippen LogP contribution in [-0.4, -0.2) is 11.8 Å². The van der Waals surface area contributed by atoms with Gasteiger partial charge in [-0.1, -0.05) is 30.1 Å². The number of halogens is 2. The van der Waals surface area contributed by atoms with Crippen molar-refractivity contribution in [2.24, 2.45) is 11.7 Å². The summed E-state index contributed by atoms with van der Waals surface area (Å²) >= 11 is 14.4. The molecule has 122 valence electrons. The second-order valence-electron chi connectivity index (χ2n) is 5.61. The Morgan fingerprint density at radius 2 is 2.09 bits per heavy atom. The number of carbonyl (C=O) groups is 2. The molecular formula is C15H14Cl2N2O2S2. The molecule has 1 unspecified atom stereocenters. The van der Waals surface area contributed by atoms with Crippen LogP contribution in [0.1, 0.15) is 44.5 Å². The maximum Gasteiger partial charge on any atom is 0.258 e. The highest BCUT2D eigenvalue weighted by atomic mass is 35.5. The van der Waals surface area contributed by atoms with Crippen molar-refractivity contribution in [2.45, 2.75) is 26.2 Å². The molecule has 0 radical (unpaired) electrons. The number of nitrogens with two attached hydrogens (primary N) is 1. The molecule has 1 aliphatic rings. The van der Waals surface area contributed by atoms with E-state index in [9.17, 15) is 9.59 Å². The van der Waals surface area contributed by atoms with Crippen molar-refractivity contribution in [1.29, 1.82) is 0 Å². The molecule has 8 heteroatoms. The van der Waals surface area contributed by atoms with Gasteiger partial charge in [0.1, 0.15) is 9.34 Å². The molecule has 4 nitrogen and oxygen atoms in total. The summed E-state index contributed by atoms with van der Waals surface area (Å²) in [7, 11) is 0. The quantitative estimate of drug-likeness (QED) is 0.806. The Hall–Kier alpha value is -1.08. The molecule has 0 aromatic carbocycles. The molecule has 2 amide bonds. The van der Waals surface area contributed by atoms with Gasteiger partial charge in [0.25, 0.3) is 11.8 Å². The molecule has 0 saturated carbocycles. The van der Waals surface area contributed by atoms with Crippen LogP contribution in [0, 0.1) is 5.92 Å². The first-order valence-corrected chi connectivity index (χ1v) is 9.46. The molecule has 0 fully saturated rings. The van der Waals surface area contributed by atoms with Gasteiger partial charge in [-0.05, 0) is 36.8 Å². The van der Waals surface area contributed by atoms with Gasteiger partial charge < -0.3 is 11.1 Å². The van der Waals surface area contributed by atoms with Crippen molar-refractivity contribution in [1.82, 2.24) is 0 Å². The summed E-state index contributed by atoms with van der Waals surface area (Å²) < 4.78 is 0.762. The first kappa shape index (κ1) is 16.8. The first-order valence-electron chi connectivity index (χ1n) is 7.07. The Bertz CT molecular complexity index is 798. The Morgan fingerprint density at radius 3 is 2.70 bits per heavy atom. The summed E-state index contributed by atoms with van der Waals surface area (Å²) in [5, 5.41) is 3.28. The van der Waals surface area contributed by atoms with E-state index in [2.05, 4.69) is 12.2 Å². The van der Waals surface area contributed by atoms with Gasteiger partial charge in [-0.25, -0.2) is 0 Å². The molecule has 2 aromatic rings. The molecule has 0 bridgehead atoms. The largest absolute Gasteiger partial charge is 0.365 e. The fraction of sp³-hybridized carbons (Fsp3) is 0.333. The summed E-state index contributed by atoms with van der Waals surface area (Å²) in [6.07, 6.45) is 2.73. The first-order chi connectivity index (χ1) is 10.9. The van der Waals surface area contributed by atoms with Crippen LogP contribution in [0.4, 0.5) is 5.00 Å². The third-order valence-corrected chi connectivity index (χ3v) is 6.54. The van der Waals surface area contributed by atoms with Crippen molar-refractivity contribution >= 4 is 62.7 Å². The van der Waals surface area contributed by atoms with Crippen molar-refractivity contribution < 1.29 is 9.59 Å². The van der Waals surface area contributed by atoms with Crippen LogP contribution in [0.2, 0.25) is 8.67 Å². The Morgan fingerprint density at radius 1 is 1.35 bits per heavy atom. The van der Waals surface area contributed by atoms with E-state index in [0.29, 0.717) is 30.7 Å². The van der Waals surface area contributed by atoms with Gasteiger partial charge >= 0.3 is 0 Å².